The van der Waals surface area contributed by atoms with E-state index in [1.807, 2.05) is 0 Å². The van der Waals surface area contributed by atoms with E-state index in [1.165, 1.54) is 0 Å². The maximum atomic E-state index is 12.6. The minimum Gasteiger partial charge on any atom is -0.446 e. The Labute approximate surface area is 193 Å². The first-order chi connectivity index (χ1) is 15.8. The van der Waals surface area contributed by atoms with Gasteiger partial charge in [-0.3, -0.25) is 9.59 Å². The lowest BCUT2D eigenvalue weighted by molar-refractivity contribution is -0.392. The molecule has 33 heavy (non-hydrogen) atoms. The van der Waals surface area contributed by atoms with E-state index in [-0.39, 0.29) is 48.1 Å². The molecule has 6 rings (SSSR count). The average Bonchev–Trinajstić information content (AvgIpc) is 3.14. The second-order valence-corrected chi connectivity index (χ2v) is 10.6. The van der Waals surface area contributed by atoms with E-state index >= 15 is 0 Å². The quantitative estimate of drug-likeness (QED) is 0.530. The smallest absolute Gasteiger partial charge is 0.407 e. The molecule has 1 heterocycles. The van der Waals surface area contributed by atoms with Gasteiger partial charge in [0, 0.05) is 57.2 Å². The van der Waals surface area contributed by atoms with Gasteiger partial charge in [-0.15, -0.1) is 0 Å². The highest BCUT2D eigenvalue weighted by Gasteiger charge is 2.70. The molecular formula is C23H35N3O7. The van der Waals surface area contributed by atoms with Gasteiger partial charge in [-0.05, 0) is 50.9 Å². The predicted octanol–water partition coefficient (Wildman–Crippen LogP) is 1.88. The second-order valence-electron chi connectivity index (χ2n) is 10.6. The molecule has 10 heteroatoms. The molecule has 0 aromatic heterocycles. The predicted molar refractivity (Wildman–Crippen MR) is 114 cm³/mol. The highest BCUT2D eigenvalue weighted by atomic mass is 17.3. The molecule has 10 nitrogen and oxygen atoms in total. The molecule has 5 aliphatic carbocycles. The SMILES string of the molecule is CNC(=O)CCC(=O)NC12CC3CC(C1)C1(OO[C@@]4(CCCC(OC(=O)NC)C4)O1)C(C3)C2. The number of carbonyl (C=O) groups is 3. The third-order valence-corrected chi connectivity index (χ3v) is 8.36. The zero-order valence-electron chi connectivity index (χ0n) is 19.4. The Balaban J connectivity index is 1.26. The first-order valence-electron chi connectivity index (χ1n) is 12.3. The van der Waals surface area contributed by atoms with Gasteiger partial charge in [0.2, 0.25) is 23.4 Å². The van der Waals surface area contributed by atoms with Gasteiger partial charge in [0.15, 0.2) is 0 Å². The van der Waals surface area contributed by atoms with Crippen LogP contribution in [0.5, 0.6) is 0 Å². The van der Waals surface area contributed by atoms with E-state index in [4.69, 9.17) is 19.2 Å². The lowest BCUT2D eigenvalue weighted by Crippen LogP contribution is -2.69. The van der Waals surface area contributed by atoms with Crippen molar-refractivity contribution in [2.75, 3.05) is 14.1 Å². The van der Waals surface area contributed by atoms with Crippen molar-refractivity contribution in [2.45, 2.75) is 93.8 Å². The van der Waals surface area contributed by atoms with E-state index in [1.54, 1.807) is 14.1 Å². The summed E-state index contributed by atoms with van der Waals surface area (Å²) in [6.07, 6.45) is 6.92. The summed E-state index contributed by atoms with van der Waals surface area (Å²) in [5, 5.41) is 8.34. The summed E-state index contributed by atoms with van der Waals surface area (Å²) in [6, 6.07) is 0. The minimum absolute atomic E-state index is 0.0722. The fraction of sp³-hybridized carbons (Fsp3) is 0.870. The summed E-state index contributed by atoms with van der Waals surface area (Å²) in [6.45, 7) is 0. The third kappa shape index (κ3) is 4.10. The van der Waals surface area contributed by atoms with Crippen molar-refractivity contribution in [1.29, 1.82) is 0 Å². The molecule has 184 valence electrons. The van der Waals surface area contributed by atoms with Crippen LogP contribution in [0.2, 0.25) is 0 Å². The largest absolute Gasteiger partial charge is 0.446 e. The van der Waals surface area contributed by atoms with Crippen LogP contribution in [0.1, 0.15) is 70.6 Å². The number of amides is 3. The van der Waals surface area contributed by atoms with Crippen molar-refractivity contribution >= 4 is 17.9 Å². The van der Waals surface area contributed by atoms with Crippen molar-refractivity contribution in [2.24, 2.45) is 17.8 Å². The summed E-state index contributed by atoms with van der Waals surface area (Å²) >= 11 is 0. The molecule has 1 aliphatic heterocycles. The highest BCUT2D eigenvalue weighted by molar-refractivity contribution is 5.84. The van der Waals surface area contributed by atoms with Gasteiger partial charge in [-0.25, -0.2) is 4.79 Å². The molecule has 5 saturated carbocycles. The van der Waals surface area contributed by atoms with Gasteiger partial charge in [-0.1, -0.05) is 0 Å². The highest BCUT2D eigenvalue weighted by Crippen LogP contribution is 2.65. The lowest BCUT2D eigenvalue weighted by Gasteiger charge is -2.62. The molecule has 0 aromatic rings. The van der Waals surface area contributed by atoms with Crippen LogP contribution < -0.4 is 16.0 Å². The monoisotopic (exact) mass is 465 g/mol. The maximum absolute atomic E-state index is 12.6. The van der Waals surface area contributed by atoms with Crippen molar-refractivity contribution in [3.05, 3.63) is 0 Å². The number of alkyl carbamates (subject to hydrolysis) is 1. The molecule has 1 saturated heterocycles. The molecule has 6 fully saturated rings. The lowest BCUT2D eigenvalue weighted by atomic mass is 9.50. The van der Waals surface area contributed by atoms with Crippen LogP contribution >= 0.6 is 0 Å². The fourth-order valence-electron chi connectivity index (χ4n) is 7.19. The summed E-state index contributed by atoms with van der Waals surface area (Å²) in [5.41, 5.74) is -0.262. The normalized spacial score (nSPS) is 43.0. The molecular weight excluding hydrogens is 430 g/mol. The van der Waals surface area contributed by atoms with E-state index in [9.17, 15) is 14.4 Å². The van der Waals surface area contributed by atoms with Crippen LogP contribution in [0, 0.1) is 17.8 Å². The van der Waals surface area contributed by atoms with Gasteiger partial charge < -0.3 is 25.4 Å². The zero-order valence-corrected chi connectivity index (χ0v) is 19.4. The Hall–Kier alpha value is -1.91. The second kappa shape index (κ2) is 8.39. The Morgan fingerprint density at radius 2 is 1.67 bits per heavy atom. The topological polar surface area (TPSA) is 124 Å². The molecule has 0 radical (unpaired) electrons. The van der Waals surface area contributed by atoms with Gasteiger partial charge >= 0.3 is 6.09 Å². The Kier molecular flexibility index (Phi) is 5.81. The van der Waals surface area contributed by atoms with Gasteiger partial charge in [0.25, 0.3) is 0 Å². The summed E-state index contributed by atoms with van der Waals surface area (Å²) in [7, 11) is 3.12. The first-order valence-corrected chi connectivity index (χ1v) is 12.3. The van der Waals surface area contributed by atoms with E-state index in [0.29, 0.717) is 18.8 Å². The van der Waals surface area contributed by atoms with Crippen molar-refractivity contribution in [3.8, 4) is 0 Å². The minimum atomic E-state index is -0.893. The standard InChI is InChI=1S/C23H35N3O7/c1-24-18(27)5-6-19(28)26-21-10-14-8-15(11-21)23(16(9-14)12-21)31-22(32-33-23)7-3-4-17(13-22)30-20(29)25-2/h14-17H,3-13H2,1-2H3,(H,24,27)(H,25,29)(H,26,28)/t14?,15?,16?,17?,21?,22-,23?/m1/s1. The number of ether oxygens (including phenoxy) is 2. The number of hydrogen-bond acceptors (Lipinski definition) is 7. The van der Waals surface area contributed by atoms with Crippen molar-refractivity contribution in [1.82, 2.24) is 16.0 Å². The molecule has 3 amide bonds. The Morgan fingerprint density at radius 3 is 2.36 bits per heavy atom. The molecule has 0 aromatic carbocycles. The summed E-state index contributed by atoms with van der Waals surface area (Å²) in [4.78, 5) is 47.9. The van der Waals surface area contributed by atoms with Crippen LogP contribution in [-0.2, 0) is 28.8 Å². The number of carbonyl (C=O) groups excluding carboxylic acids is 3. The van der Waals surface area contributed by atoms with Gasteiger partial charge in [0.05, 0.1) is 0 Å². The van der Waals surface area contributed by atoms with Crippen molar-refractivity contribution < 1.29 is 33.6 Å². The Bertz CT molecular complexity index is 804. The summed E-state index contributed by atoms with van der Waals surface area (Å²) in [5.74, 6) is -1.12. The maximum Gasteiger partial charge on any atom is 0.407 e. The fourth-order valence-corrected chi connectivity index (χ4v) is 7.19. The number of hydrogen-bond donors (Lipinski definition) is 3. The van der Waals surface area contributed by atoms with Crippen LogP contribution in [0.3, 0.4) is 0 Å². The van der Waals surface area contributed by atoms with Gasteiger partial charge in [0.1, 0.15) is 6.10 Å². The van der Waals surface area contributed by atoms with Crippen LogP contribution in [-0.4, -0.2) is 55.2 Å². The van der Waals surface area contributed by atoms with Crippen molar-refractivity contribution in [3.63, 3.8) is 0 Å². The van der Waals surface area contributed by atoms with Crippen LogP contribution in [0.25, 0.3) is 0 Å². The molecule has 6 aliphatic rings. The third-order valence-electron chi connectivity index (χ3n) is 8.36. The zero-order chi connectivity index (χ0) is 23.3. The molecule has 4 atom stereocenters. The van der Waals surface area contributed by atoms with E-state index < -0.39 is 17.7 Å². The Morgan fingerprint density at radius 1 is 0.939 bits per heavy atom. The number of nitrogens with one attached hydrogen (secondary N) is 3. The van der Waals surface area contributed by atoms with Crippen LogP contribution in [0.4, 0.5) is 4.79 Å². The van der Waals surface area contributed by atoms with Gasteiger partial charge in [-0.2, -0.15) is 9.78 Å². The summed E-state index contributed by atoms with van der Waals surface area (Å²) < 4.78 is 12.2. The van der Waals surface area contributed by atoms with E-state index in [0.717, 1.165) is 44.9 Å². The first kappa shape index (κ1) is 22.9. The number of rotatable bonds is 5. The molecule has 4 bridgehead atoms. The molecule has 2 spiro atoms. The molecule has 3 unspecified atom stereocenters. The molecule has 3 N–H and O–H groups in total. The van der Waals surface area contributed by atoms with Crippen LogP contribution in [0.15, 0.2) is 0 Å². The van der Waals surface area contributed by atoms with E-state index in [2.05, 4.69) is 16.0 Å². The average molecular weight is 466 g/mol.